The Labute approximate surface area is 99.4 Å². The Hall–Kier alpha value is -0.540. The maximum atomic E-state index is 5.86. The lowest BCUT2D eigenvalue weighted by molar-refractivity contribution is 0.376. The first-order valence-electron chi connectivity index (χ1n) is 5.50. The minimum Gasteiger partial charge on any atom is -0.398 e. The number of hydrogen-bond acceptors (Lipinski definition) is 2. The highest BCUT2D eigenvalue weighted by Gasteiger charge is 2.13. The second kappa shape index (κ2) is 4.99. The van der Waals surface area contributed by atoms with Crippen LogP contribution in [0.1, 0.15) is 18.4 Å². The number of rotatable bonds is 2. The van der Waals surface area contributed by atoms with Gasteiger partial charge in [0.2, 0.25) is 0 Å². The van der Waals surface area contributed by atoms with Gasteiger partial charge >= 0.3 is 0 Å². The van der Waals surface area contributed by atoms with E-state index in [9.17, 15) is 0 Å². The van der Waals surface area contributed by atoms with Gasteiger partial charge in [-0.05, 0) is 71.9 Å². The number of piperidine rings is 1. The van der Waals surface area contributed by atoms with Gasteiger partial charge in [0.25, 0.3) is 0 Å². The third-order valence-corrected chi connectivity index (χ3v) is 3.71. The summed E-state index contributed by atoms with van der Waals surface area (Å²) in [5.74, 6) is 0.777. The maximum Gasteiger partial charge on any atom is 0.0461 e. The Kier molecular flexibility index (Phi) is 3.65. The van der Waals surface area contributed by atoms with E-state index < -0.39 is 0 Å². The van der Waals surface area contributed by atoms with Crippen LogP contribution in [0, 0.1) is 5.92 Å². The fourth-order valence-electron chi connectivity index (χ4n) is 2.15. The highest BCUT2D eigenvalue weighted by molar-refractivity contribution is 9.10. The number of benzene rings is 1. The average Bonchev–Trinajstić information content (AvgIpc) is 2.25. The number of anilines is 1. The van der Waals surface area contributed by atoms with Crippen molar-refractivity contribution in [3.8, 4) is 0 Å². The summed E-state index contributed by atoms with van der Waals surface area (Å²) in [6.07, 6.45) is 3.78. The molecule has 0 amide bonds. The summed E-state index contributed by atoms with van der Waals surface area (Å²) >= 11 is 3.42. The van der Waals surface area contributed by atoms with Gasteiger partial charge in [-0.1, -0.05) is 6.07 Å². The number of nitrogens with one attached hydrogen (secondary N) is 1. The third-order valence-electron chi connectivity index (χ3n) is 2.98. The number of nitrogen functional groups attached to an aromatic ring is 1. The molecule has 1 fully saturated rings. The molecule has 1 atom stereocenters. The van der Waals surface area contributed by atoms with Gasteiger partial charge < -0.3 is 11.1 Å². The van der Waals surface area contributed by atoms with Crippen molar-refractivity contribution >= 4 is 21.6 Å². The summed E-state index contributed by atoms with van der Waals surface area (Å²) in [5, 5.41) is 3.44. The molecule has 1 aliphatic heterocycles. The van der Waals surface area contributed by atoms with Crippen LogP contribution in [0.5, 0.6) is 0 Å². The molecule has 0 bridgehead atoms. The summed E-state index contributed by atoms with van der Waals surface area (Å²) in [6, 6.07) is 6.29. The van der Waals surface area contributed by atoms with Crippen molar-refractivity contribution in [1.82, 2.24) is 5.32 Å². The molecule has 82 valence electrons. The second-order valence-corrected chi connectivity index (χ2v) is 5.13. The molecule has 2 rings (SSSR count). The van der Waals surface area contributed by atoms with Crippen LogP contribution in [0.15, 0.2) is 22.7 Å². The SMILES string of the molecule is Nc1cc(CC2CCCNC2)ccc1Br. The van der Waals surface area contributed by atoms with Gasteiger partial charge in [-0.15, -0.1) is 0 Å². The van der Waals surface area contributed by atoms with Crippen LogP contribution >= 0.6 is 15.9 Å². The highest BCUT2D eigenvalue weighted by atomic mass is 79.9. The van der Waals surface area contributed by atoms with Gasteiger partial charge in [0.05, 0.1) is 0 Å². The second-order valence-electron chi connectivity index (χ2n) is 4.27. The Morgan fingerprint density at radius 1 is 1.47 bits per heavy atom. The monoisotopic (exact) mass is 268 g/mol. The van der Waals surface area contributed by atoms with Gasteiger partial charge in [-0.3, -0.25) is 0 Å². The molecule has 1 unspecified atom stereocenters. The molecule has 0 spiro atoms. The lowest BCUT2D eigenvalue weighted by Gasteiger charge is -2.22. The van der Waals surface area contributed by atoms with E-state index in [1.54, 1.807) is 0 Å². The van der Waals surface area contributed by atoms with Crippen molar-refractivity contribution in [2.45, 2.75) is 19.3 Å². The van der Waals surface area contributed by atoms with Crippen molar-refractivity contribution in [2.24, 2.45) is 5.92 Å². The fraction of sp³-hybridized carbons (Fsp3) is 0.500. The van der Waals surface area contributed by atoms with E-state index in [-0.39, 0.29) is 0 Å². The number of halogens is 1. The normalized spacial score (nSPS) is 21.5. The maximum absolute atomic E-state index is 5.86. The first kappa shape index (κ1) is 11.0. The zero-order valence-corrected chi connectivity index (χ0v) is 10.4. The minimum atomic E-state index is 0.777. The van der Waals surface area contributed by atoms with E-state index >= 15 is 0 Å². The molecule has 1 aliphatic rings. The van der Waals surface area contributed by atoms with Crippen molar-refractivity contribution in [2.75, 3.05) is 18.8 Å². The van der Waals surface area contributed by atoms with Gasteiger partial charge in [0.1, 0.15) is 0 Å². The predicted molar refractivity (Wildman–Crippen MR) is 67.9 cm³/mol. The van der Waals surface area contributed by atoms with Crippen molar-refractivity contribution in [3.63, 3.8) is 0 Å². The van der Waals surface area contributed by atoms with E-state index in [1.165, 1.54) is 24.9 Å². The molecular formula is C12H17BrN2. The summed E-state index contributed by atoms with van der Waals surface area (Å²) in [5.41, 5.74) is 8.06. The van der Waals surface area contributed by atoms with Gasteiger partial charge in [-0.25, -0.2) is 0 Å². The van der Waals surface area contributed by atoms with Crippen LogP contribution < -0.4 is 11.1 Å². The Morgan fingerprint density at radius 3 is 3.00 bits per heavy atom. The molecule has 1 heterocycles. The average molecular weight is 269 g/mol. The molecule has 1 aromatic rings. The predicted octanol–water partition coefficient (Wildman–Crippen LogP) is 2.57. The lowest BCUT2D eigenvalue weighted by atomic mass is 9.92. The summed E-state index contributed by atoms with van der Waals surface area (Å²) in [6.45, 7) is 2.33. The Morgan fingerprint density at radius 2 is 2.33 bits per heavy atom. The zero-order valence-electron chi connectivity index (χ0n) is 8.80. The summed E-state index contributed by atoms with van der Waals surface area (Å²) < 4.78 is 0.994. The van der Waals surface area contributed by atoms with Crippen molar-refractivity contribution < 1.29 is 0 Å². The first-order chi connectivity index (χ1) is 7.25. The fourth-order valence-corrected chi connectivity index (χ4v) is 2.40. The molecule has 0 aromatic heterocycles. The smallest absolute Gasteiger partial charge is 0.0461 e. The topological polar surface area (TPSA) is 38.0 Å². The third kappa shape index (κ3) is 2.95. The van der Waals surface area contributed by atoms with Gasteiger partial charge in [0.15, 0.2) is 0 Å². The van der Waals surface area contributed by atoms with Crippen molar-refractivity contribution in [3.05, 3.63) is 28.2 Å². The van der Waals surface area contributed by atoms with E-state index in [0.29, 0.717) is 0 Å². The minimum absolute atomic E-state index is 0.777. The van der Waals surface area contributed by atoms with Gasteiger partial charge in [-0.2, -0.15) is 0 Å². The van der Waals surface area contributed by atoms with E-state index in [1.807, 2.05) is 6.07 Å². The van der Waals surface area contributed by atoms with Crippen LogP contribution in [0.2, 0.25) is 0 Å². The number of hydrogen-bond donors (Lipinski definition) is 2. The molecule has 3 heteroatoms. The molecule has 0 radical (unpaired) electrons. The van der Waals surface area contributed by atoms with Gasteiger partial charge in [0, 0.05) is 10.2 Å². The first-order valence-corrected chi connectivity index (χ1v) is 6.29. The van der Waals surface area contributed by atoms with Crippen LogP contribution in [-0.4, -0.2) is 13.1 Å². The number of nitrogens with two attached hydrogens (primary N) is 1. The van der Waals surface area contributed by atoms with E-state index in [0.717, 1.165) is 29.0 Å². The molecule has 1 aromatic carbocycles. The molecular weight excluding hydrogens is 252 g/mol. The van der Waals surface area contributed by atoms with E-state index in [2.05, 4.69) is 33.4 Å². The van der Waals surface area contributed by atoms with E-state index in [4.69, 9.17) is 5.73 Å². The summed E-state index contributed by atoms with van der Waals surface area (Å²) in [7, 11) is 0. The Balaban J connectivity index is 2.00. The quantitative estimate of drug-likeness (QED) is 0.810. The lowest BCUT2D eigenvalue weighted by Crippen LogP contribution is -2.30. The van der Waals surface area contributed by atoms with Crippen molar-refractivity contribution in [1.29, 1.82) is 0 Å². The van der Waals surface area contributed by atoms with Crippen LogP contribution in [0.25, 0.3) is 0 Å². The molecule has 15 heavy (non-hydrogen) atoms. The summed E-state index contributed by atoms with van der Waals surface area (Å²) in [4.78, 5) is 0. The largest absolute Gasteiger partial charge is 0.398 e. The van der Waals surface area contributed by atoms with Crippen LogP contribution in [0.4, 0.5) is 5.69 Å². The van der Waals surface area contributed by atoms with Crippen LogP contribution in [-0.2, 0) is 6.42 Å². The zero-order chi connectivity index (χ0) is 10.7. The standard InChI is InChI=1S/C12H17BrN2/c13-11-4-3-9(7-12(11)14)6-10-2-1-5-15-8-10/h3-4,7,10,15H,1-2,5-6,8,14H2. The molecule has 2 nitrogen and oxygen atoms in total. The molecule has 3 N–H and O–H groups in total. The Bertz CT molecular complexity index is 332. The highest BCUT2D eigenvalue weighted by Crippen LogP contribution is 2.23. The molecule has 1 saturated heterocycles. The molecule has 0 aliphatic carbocycles. The molecule has 0 saturated carbocycles. The van der Waals surface area contributed by atoms with Crippen LogP contribution in [0.3, 0.4) is 0 Å².